The van der Waals surface area contributed by atoms with Crippen LogP contribution in [0.3, 0.4) is 0 Å². The Labute approximate surface area is 238 Å². The molecule has 5 rings (SSSR count). The Bertz CT molecular complexity index is 1700. The van der Waals surface area contributed by atoms with Crippen LogP contribution in [0.1, 0.15) is 27.9 Å². The Morgan fingerprint density at radius 1 is 0.927 bits per heavy atom. The molecular formula is C32H29N7O2. The minimum absolute atomic E-state index is 0.260. The van der Waals surface area contributed by atoms with E-state index in [-0.39, 0.29) is 6.61 Å². The number of aromatic nitrogens is 3. The second-order valence-corrected chi connectivity index (χ2v) is 9.51. The molecule has 0 radical (unpaired) electrons. The maximum absolute atomic E-state index is 12.7. The van der Waals surface area contributed by atoms with Crippen LogP contribution in [-0.2, 0) is 13.2 Å². The fraction of sp³-hybridized carbons (Fsp3) is 0.125. The van der Waals surface area contributed by atoms with Gasteiger partial charge in [0.1, 0.15) is 24.2 Å². The molecule has 41 heavy (non-hydrogen) atoms. The lowest BCUT2D eigenvalue weighted by atomic mass is 10.1. The number of anilines is 3. The molecule has 9 heteroatoms. The van der Waals surface area contributed by atoms with Crippen LogP contribution in [-0.4, -0.2) is 20.8 Å². The molecule has 0 aliphatic carbocycles. The van der Waals surface area contributed by atoms with Crippen LogP contribution in [0.2, 0.25) is 0 Å². The van der Waals surface area contributed by atoms with Crippen molar-refractivity contribution in [3.05, 3.63) is 119 Å². The molecule has 0 saturated carbocycles. The molecule has 0 atom stereocenters. The van der Waals surface area contributed by atoms with Gasteiger partial charge in [-0.05, 0) is 55.3 Å². The van der Waals surface area contributed by atoms with E-state index in [0.29, 0.717) is 35.2 Å². The molecule has 0 fully saturated rings. The third-order valence-corrected chi connectivity index (χ3v) is 6.88. The standard InChI is InChI=1S/C32H29N7O2/c1-21-22(2)39(31(34)27(21)18-33)19-23-12-14-26(15-13-23)41-20-25-10-6-7-11-28(25)35-32(40)36-30-17-16-29(37-38-30)24-8-4-3-5-9-24/h3-17H,19-20,34H2,1-2H3,(H2,35,36,38,40). The smallest absolute Gasteiger partial charge is 0.324 e. The first kappa shape index (κ1) is 27.0. The number of para-hydroxylation sites is 1. The summed E-state index contributed by atoms with van der Waals surface area (Å²) in [5.41, 5.74) is 12.7. The lowest BCUT2D eigenvalue weighted by Gasteiger charge is -2.13. The van der Waals surface area contributed by atoms with Gasteiger partial charge in [0.05, 0.1) is 11.3 Å². The largest absolute Gasteiger partial charge is 0.489 e. The fourth-order valence-electron chi connectivity index (χ4n) is 4.47. The van der Waals surface area contributed by atoms with Crippen molar-refractivity contribution >= 4 is 23.4 Å². The van der Waals surface area contributed by atoms with E-state index in [1.807, 2.05) is 103 Å². The number of rotatable bonds is 8. The topological polar surface area (TPSA) is 131 Å². The van der Waals surface area contributed by atoms with Gasteiger partial charge in [-0.1, -0.05) is 60.7 Å². The summed E-state index contributed by atoms with van der Waals surface area (Å²) in [5.74, 6) is 1.51. The highest BCUT2D eigenvalue weighted by molar-refractivity contribution is 5.99. The number of hydrogen-bond donors (Lipinski definition) is 3. The third kappa shape index (κ3) is 6.18. The van der Waals surface area contributed by atoms with Crippen molar-refractivity contribution in [2.75, 3.05) is 16.4 Å². The molecule has 0 unspecified atom stereocenters. The predicted molar refractivity (Wildman–Crippen MR) is 159 cm³/mol. The average Bonchev–Trinajstić information content (AvgIpc) is 3.20. The molecule has 2 amide bonds. The van der Waals surface area contributed by atoms with Crippen molar-refractivity contribution in [2.45, 2.75) is 27.0 Å². The first-order valence-electron chi connectivity index (χ1n) is 13.0. The van der Waals surface area contributed by atoms with Gasteiger partial charge < -0.3 is 20.4 Å². The van der Waals surface area contributed by atoms with Gasteiger partial charge >= 0.3 is 6.03 Å². The van der Waals surface area contributed by atoms with Crippen molar-refractivity contribution in [2.24, 2.45) is 0 Å². The highest BCUT2D eigenvalue weighted by atomic mass is 16.5. The van der Waals surface area contributed by atoms with Gasteiger partial charge in [0.25, 0.3) is 0 Å². The van der Waals surface area contributed by atoms with E-state index in [0.717, 1.165) is 33.6 Å². The number of nitriles is 1. The lowest BCUT2D eigenvalue weighted by molar-refractivity contribution is 0.262. The van der Waals surface area contributed by atoms with Crippen LogP contribution in [0, 0.1) is 25.2 Å². The molecule has 4 N–H and O–H groups in total. The molecule has 0 spiro atoms. The van der Waals surface area contributed by atoms with Gasteiger partial charge in [-0.2, -0.15) is 5.26 Å². The molecule has 5 aromatic rings. The minimum atomic E-state index is -0.432. The Morgan fingerprint density at radius 3 is 2.34 bits per heavy atom. The summed E-state index contributed by atoms with van der Waals surface area (Å²) in [5, 5.41) is 23.3. The van der Waals surface area contributed by atoms with Crippen LogP contribution < -0.4 is 21.1 Å². The Morgan fingerprint density at radius 2 is 1.66 bits per heavy atom. The Kier molecular flexibility index (Phi) is 7.93. The van der Waals surface area contributed by atoms with Crippen molar-refractivity contribution in [3.8, 4) is 23.1 Å². The summed E-state index contributed by atoms with van der Waals surface area (Å²) in [6.07, 6.45) is 0. The molecule has 0 bridgehead atoms. The van der Waals surface area contributed by atoms with E-state index in [4.69, 9.17) is 10.5 Å². The quantitative estimate of drug-likeness (QED) is 0.211. The van der Waals surface area contributed by atoms with E-state index < -0.39 is 6.03 Å². The summed E-state index contributed by atoms with van der Waals surface area (Å²) in [7, 11) is 0. The van der Waals surface area contributed by atoms with Gasteiger partial charge in [0.15, 0.2) is 5.82 Å². The number of nitrogens with zero attached hydrogens (tertiary/aromatic N) is 4. The number of hydrogen-bond acceptors (Lipinski definition) is 6. The van der Waals surface area contributed by atoms with E-state index >= 15 is 0 Å². The lowest BCUT2D eigenvalue weighted by Crippen LogP contribution is -2.21. The fourth-order valence-corrected chi connectivity index (χ4v) is 4.47. The average molecular weight is 544 g/mol. The summed E-state index contributed by atoms with van der Waals surface area (Å²) >= 11 is 0. The van der Waals surface area contributed by atoms with Crippen molar-refractivity contribution in [1.82, 2.24) is 14.8 Å². The van der Waals surface area contributed by atoms with Crippen LogP contribution in [0.15, 0.2) is 91.0 Å². The predicted octanol–water partition coefficient (Wildman–Crippen LogP) is 6.29. The number of carbonyl (C=O) groups excluding carboxylic acids is 1. The van der Waals surface area contributed by atoms with E-state index in [1.165, 1.54) is 0 Å². The maximum atomic E-state index is 12.7. The third-order valence-electron chi connectivity index (χ3n) is 6.88. The molecule has 204 valence electrons. The van der Waals surface area contributed by atoms with Gasteiger partial charge in [0, 0.05) is 29.1 Å². The number of nitrogens with two attached hydrogens (primary N) is 1. The van der Waals surface area contributed by atoms with Gasteiger partial charge in [0.2, 0.25) is 0 Å². The number of amides is 2. The highest BCUT2D eigenvalue weighted by Crippen LogP contribution is 2.26. The van der Waals surface area contributed by atoms with Crippen LogP contribution >= 0.6 is 0 Å². The minimum Gasteiger partial charge on any atom is -0.489 e. The van der Waals surface area contributed by atoms with E-state index in [2.05, 4.69) is 26.9 Å². The van der Waals surface area contributed by atoms with Gasteiger partial charge in [-0.25, -0.2) is 4.79 Å². The Hall–Kier alpha value is -5.62. The zero-order valence-electron chi connectivity index (χ0n) is 22.8. The highest BCUT2D eigenvalue weighted by Gasteiger charge is 2.15. The first-order valence-corrected chi connectivity index (χ1v) is 13.0. The number of ether oxygens (including phenoxy) is 1. The van der Waals surface area contributed by atoms with Crippen LogP contribution in [0.4, 0.5) is 22.1 Å². The van der Waals surface area contributed by atoms with Crippen LogP contribution in [0.5, 0.6) is 5.75 Å². The summed E-state index contributed by atoms with van der Waals surface area (Å²) < 4.78 is 7.96. The molecular weight excluding hydrogens is 514 g/mol. The second-order valence-electron chi connectivity index (χ2n) is 9.51. The van der Waals surface area contributed by atoms with Crippen molar-refractivity contribution in [3.63, 3.8) is 0 Å². The number of carbonyl (C=O) groups is 1. The van der Waals surface area contributed by atoms with Crippen molar-refractivity contribution in [1.29, 1.82) is 5.26 Å². The monoisotopic (exact) mass is 543 g/mol. The van der Waals surface area contributed by atoms with E-state index in [9.17, 15) is 10.1 Å². The summed E-state index contributed by atoms with van der Waals surface area (Å²) in [6.45, 7) is 4.69. The molecule has 0 aliphatic rings. The Balaban J connectivity index is 1.18. The maximum Gasteiger partial charge on any atom is 0.324 e. The zero-order chi connectivity index (χ0) is 28.8. The SMILES string of the molecule is Cc1c(C#N)c(N)n(Cc2ccc(OCc3ccccc3NC(=O)Nc3ccc(-c4ccccc4)nn3)cc2)c1C. The van der Waals surface area contributed by atoms with Crippen LogP contribution in [0.25, 0.3) is 11.3 Å². The number of nitrogens with one attached hydrogen (secondary N) is 2. The normalized spacial score (nSPS) is 10.6. The molecule has 2 heterocycles. The zero-order valence-corrected chi connectivity index (χ0v) is 22.8. The van der Waals surface area contributed by atoms with Crippen molar-refractivity contribution < 1.29 is 9.53 Å². The number of nitrogen functional groups attached to an aromatic ring is 1. The first-order chi connectivity index (χ1) is 19.9. The molecule has 2 aromatic heterocycles. The number of benzene rings is 3. The molecule has 9 nitrogen and oxygen atoms in total. The van der Waals surface area contributed by atoms with E-state index in [1.54, 1.807) is 6.07 Å². The van der Waals surface area contributed by atoms with Gasteiger partial charge in [-0.3, -0.25) is 5.32 Å². The molecule has 0 saturated heterocycles. The molecule has 3 aromatic carbocycles. The summed E-state index contributed by atoms with van der Waals surface area (Å²) in [4.78, 5) is 12.7. The second kappa shape index (κ2) is 12.1. The number of urea groups is 1. The van der Waals surface area contributed by atoms with Gasteiger partial charge in [-0.15, -0.1) is 10.2 Å². The molecule has 0 aliphatic heterocycles. The summed E-state index contributed by atoms with van der Waals surface area (Å²) in [6, 6.07) is 30.1.